The third-order valence-corrected chi connectivity index (χ3v) is 3.51. The molecule has 0 aromatic carbocycles. The minimum absolute atomic E-state index is 0.0836. The number of carbonyl (C=O) groups excluding carboxylic acids is 2. The van der Waals surface area contributed by atoms with Gasteiger partial charge >= 0.3 is 5.97 Å². The molecule has 7 heteroatoms. The number of pyridine rings is 1. The Morgan fingerprint density at radius 3 is 2.71 bits per heavy atom. The van der Waals surface area contributed by atoms with Crippen LogP contribution in [0.5, 0.6) is 0 Å². The Morgan fingerprint density at radius 2 is 2.05 bits per heavy atom. The molecule has 0 bridgehead atoms. The molecule has 1 unspecified atom stereocenters. The standard InChI is InChI=1S/C14H17N3O4/c1-15-12(18)9-4-3-7-17(8-9)13(19)10-5-2-6-11(16-10)14(20)21/h2,5-6,9H,3-4,7-8H2,1H3,(H,15,18)(H,20,21). The lowest BCUT2D eigenvalue weighted by Gasteiger charge is -2.31. The summed E-state index contributed by atoms with van der Waals surface area (Å²) >= 11 is 0. The maximum atomic E-state index is 12.4. The van der Waals surface area contributed by atoms with E-state index in [1.807, 2.05) is 0 Å². The summed E-state index contributed by atoms with van der Waals surface area (Å²) in [6.45, 7) is 0.878. The molecule has 2 rings (SSSR count). The molecule has 0 radical (unpaired) electrons. The Hall–Kier alpha value is -2.44. The first-order chi connectivity index (χ1) is 10.0. The third-order valence-electron chi connectivity index (χ3n) is 3.51. The highest BCUT2D eigenvalue weighted by molar-refractivity contribution is 5.94. The van der Waals surface area contributed by atoms with E-state index in [1.54, 1.807) is 11.9 Å². The van der Waals surface area contributed by atoms with E-state index in [2.05, 4.69) is 10.3 Å². The molecule has 0 aliphatic carbocycles. The fraction of sp³-hybridized carbons (Fsp3) is 0.429. The smallest absolute Gasteiger partial charge is 0.354 e. The van der Waals surface area contributed by atoms with Crippen LogP contribution in [0.15, 0.2) is 18.2 Å². The Labute approximate surface area is 122 Å². The summed E-state index contributed by atoms with van der Waals surface area (Å²) in [6.07, 6.45) is 1.48. The molecule has 0 saturated carbocycles. The zero-order valence-corrected chi connectivity index (χ0v) is 11.7. The number of carboxylic acid groups (broad SMARTS) is 1. The average molecular weight is 291 g/mol. The molecule has 1 saturated heterocycles. The van der Waals surface area contributed by atoms with Crippen molar-refractivity contribution in [1.29, 1.82) is 0 Å². The van der Waals surface area contributed by atoms with Crippen LogP contribution in [0.2, 0.25) is 0 Å². The van der Waals surface area contributed by atoms with Crippen LogP contribution in [-0.4, -0.2) is 52.9 Å². The molecule has 1 fully saturated rings. The number of amides is 2. The summed E-state index contributed by atoms with van der Waals surface area (Å²) in [5.41, 5.74) is -0.0758. The second-order valence-electron chi connectivity index (χ2n) is 4.92. The molecule has 1 aromatic heterocycles. The molecule has 7 nitrogen and oxygen atoms in total. The SMILES string of the molecule is CNC(=O)C1CCCN(C(=O)c2cccc(C(=O)O)n2)C1. The molecule has 21 heavy (non-hydrogen) atoms. The van der Waals surface area contributed by atoms with Crippen LogP contribution in [0.4, 0.5) is 0 Å². The van der Waals surface area contributed by atoms with Gasteiger partial charge in [-0.3, -0.25) is 9.59 Å². The van der Waals surface area contributed by atoms with E-state index in [9.17, 15) is 14.4 Å². The Balaban J connectivity index is 2.14. The number of nitrogens with one attached hydrogen (secondary N) is 1. The van der Waals surface area contributed by atoms with Crippen LogP contribution in [0.1, 0.15) is 33.8 Å². The van der Waals surface area contributed by atoms with Gasteiger partial charge in [0.05, 0.1) is 5.92 Å². The predicted octanol–water partition coefficient (Wildman–Crippen LogP) is 0.378. The monoisotopic (exact) mass is 291 g/mol. The molecule has 2 amide bonds. The lowest BCUT2D eigenvalue weighted by molar-refractivity contribution is -0.125. The van der Waals surface area contributed by atoms with E-state index in [4.69, 9.17) is 5.11 Å². The number of aromatic nitrogens is 1. The fourth-order valence-electron chi connectivity index (χ4n) is 2.41. The minimum Gasteiger partial charge on any atom is -0.477 e. The maximum Gasteiger partial charge on any atom is 0.354 e. The van der Waals surface area contributed by atoms with Gasteiger partial charge in [-0.2, -0.15) is 0 Å². The summed E-state index contributed by atoms with van der Waals surface area (Å²) in [5, 5.41) is 11.5. The van der Waals surface area contributed by atoms with Gasteiger partial charge in [-0.25, -0.2) is 9.78 Å². The fourth-order valence-corrected chi connectivity index (χ4v) is 2.41. The van der Waals surface area contributed by atoms with Crippen molar-refractivity contribution in [1.82, 2.24) is 15.2 Å². The summed E-state index contributed by atoms with van der Waals surface area (Å²) in [6, 6.07) is 4.31. The molecule has 112 valence electrons. The van der Waals surface area contributed by atoms with Gasteiger partial charge in [-0.1, -0.05) is 6.07 Å². The summed E-state index contributed by atoms with van der Waals surface area (Å²) in [4.78, 5) is 40.3. The Kier molecular flexibility index (Phi) is 4.52. The first-order valence-corrected chi connectivity index (χ1v) is 6.74. The molecule has 1 aliphatic rings. The van der Waals surface area contributed by atoms with Gasteiger partial charge in [0.25, 0.3) is 5.91 Å². The molecular weight excluding hydrogens is 274 g/mol. The van der Waals surface area contributed by atoms with Gasteiger partial charge in [0.15, 0.2) is 0 Å². The van der Waals surface area contributed by atoms with Crippen molar-refractivity contribution in [2.24, 2.45) is 5.92 Å². The lowest BCUT2D eigenvalue weighted by Crippen LogP contribution is -2.45. The number of hydrogen-bond donors (Lipinski definition) is 2. The van der Waals surface area contributed by atoms with E-state index in [1.165, 1.54) is 18.2 Å². The Bertz CT molecular complexity index is 573. The van der Waals surface area contributed by atoms with Crippen LogP contribution in [-0.2, 0) is 4.79 Å². The molecular formula is C14H17N3O4. The van der Waals surface area contributed by atoms with Gasteiger partial charge in [0.1, 0.15) is 11.4 Å². The van der Waals surface area contributed by atoms with Gasteiger partial charge < -0.3 is 15.3 Å². The topological polar surface area (TPSA) is 99.6 Å². The largest absolute Gasteiger partial charge is 0.477 e. The number of nitrogens with zero attached hydrogens (tertiary/aromatic N) is 2. The third kappa shape index (κ3) is 3.36. The number of likely N-dealkylation sites (tertiary alicyclic amines) is 1. The van der Waals surface area contributed by atoms with Crippen molar-refractivity contribution in [3.8, 4) is 0 Å². The first-order valence-electron chi connectivity index (χ1n) is 6.74. The quantitative estimate of drug-likeness (QED) is 0.838. The number of rotatable bonds is 3. The summed E-state index contributed by atoms with van der Waals surface area (Å²) < 4.78 is 0. The van der Waals surface area contributed by atoms with Gasteiger partial charge in [-0.05, 0) is 25.0 Å². The summed E-state index contributed by atoms with van der Waals surface area (Å²) in [5.74, 6) is -1.83. The van der Waals surface area contributed by atoms with Crippen LogP contribution >= 0.6 is 0 Å². The van der Waals surface area contributed by atoms with Crippen LogP contribution in [0.25, 0.3) is 0 Å². The predicted molar refractivity (Wildman–Crippen MR) is 73.9 cm³/mol. The first kappa shape index (κ1) is 15.0. The van der Waals surface area contributed by atoms with Crippen LogP contribution < -0.4 is 5.32 Å². The molecule has 2 N–H and O–H groups in total. The van der Waals surface area contributed by atoms with Crippen molar-refractivity contribution in [2.75, 3.05) is 20.1 Å². The number of piperidine rings is 1. The van der Waals surface area contributed by atoms with E-state index in [0.717, 1.165) is 12.8 Å². The normalized spacial score (nSPS) is 18.1. The zero-order valence-electron chi connectivity index (χ0n) is 11.7. The maximum absolute atomic E-state index is 12.4. The second-order valence-corrected chi connectivity index (χ2v) is 4.92. The Morgan fingerprint density at radius 1 is 1.33 bits per heavy atom. The lowest BCUT2D eigenvalue weighted by atomic mass is 9.97. The van der Waals surface area contributed by atoms with Crippen LogP contribution in [0.3, 0.4) is 0 Å². The van der Waals surface area contributed by atoms with E-state index in [0.29, 0.717) is 13.1 Å². The number of hydrogen-bond acceptors (Lipinski definition) is 4. The second kappa shape index (κ2) is 6.34. The van der Waals surface area contributed by atoms with Gasteiger partial charge in [0, 0.05) is 20.1 Å². The molecule has 0 spiro atoms. The van der Waals surface area contributed by atoms with Crippen molar-refractivity contribution in [3.63, 3.8) is 0 Å². The molecule has 2 heterocycles. The van der Waals surface area contributed by atoms with E-state index >= 15 is 0 Å². The molecule has 1 aliphatic heterocycles. The van der Waals surface area contributed by atoms with E-state index in [-0.39, 0.29) is 29.1 Å². The number of aromatic carboxylic acids is 1. The zero-order chi connectivity index (χ0) is 15.4. The van der Waals surface area contributed by atoms with Crippen molar-refractivity contribution < 1.29 is 19.5 Å². The minimum atomic E-state index is -1.17. The number of carbonyl (C=O) groups is 3. The molecule has 1 atom stereocenters. The van der Waals surface area contributed by atoms with E-state index < -0.39 is 5.97 Å². The van der Waals surface area contributed by atoms with Crippen molar-refractivity contribution >= 4 is 17.8 Å². The van der Waals surface area contributed by atoms with Crippen LogP contribution in [0, 0.1) is 5.92 Å². The van der Waals surface area contributed by atoms with Crippen molar-refractivity contribution in [3.05, 3.63) is 29.6 Å². The highest BCUT2D eigenvalue weighted by Gasteiger charge is 2.29. The number of carboxylic acids is 1. The highest BCUT2D eigenvalue weighted by atomic mass is 16.4. The van der Waals surface area contributed by atoms with Gasteiger partial charge in [0.2, 0.25) is 5.91 Å². The van der Waals surface area contributed by atoms with Crippen molar-refractivity contribution in [2.45, 2.75) is 12.8 Å². The molecule has 1 aromatic rings. The summed E-state index contributed by atoms with van der Waals surface area (Å²) in [7, 11) is 1.57. The van der Waals surface area contributed by atoms with Gasteiger partial charge in [-0.15, -0.1) is 0 Å². The average Bonchev–Trinajstić information content (AvgIpc) is 2.53. The highest BCUT2D eigenvalue weighted by Crippen LogP contribution is 2.18.